The molecule has 2 heterocycles. The molecule has 6 nitrogen and oxygen atoms in total. The third-order valence-electron chi connectivity index (χ3n) is 3.96. The number of rotatable bonds is 4. The maximum atomic E-state index is 10.5. The van der Waals surface area contributed by atoms with Crippen molar-refractivity contribution in [3.8, 4) is 5.75 Å². The summed E-state index contributed by atoms with van der Waals surface area (Å²) in [4.78, 5) is 4.62. The fourth-order valence-corrected chi connectivity index (χ4v) is 2.69. The van der Waals surface area contributed by atoms with Gasteiger partial charge in [0.25, 0.3) is 0 Å². The highest BCUT2D eigenvalue weighted by Crippen LogP contribution is 2.28. The predicted octanol–water partition coefficient (Wildman–Crippen LogP) is 0.0980. The molecule has 0 bridgehead atoms. The third kappa shape index (κ3) is 3.08. The molecular weight excluding hydrogens is 244 g/mol. The van der Waals surface area contributed by atoms with Gasteiger partial charge in [-0.05, 0) is 20.5 Å². The molecule has 1 aliphatic rings. The minimum Gasteiger partial charge on any atom is -0.493 e. The Bertz CT molecular complexity index is 421. The molecule has 2 rings (SSSR count). The van der Waals surface area contributed by atoms with Gasteiger partial charge in [0.1, 0.15) is 11.8 Å². The lowest BCUT2D eigenvalue weighted by Gasteiger charge is -2.38. The number of methoxy groups -OCH3 is 1. The van der Waals surface area contributed by atoms with Crippen molar-refractivity contribution in [1.29, 1.82) is 0 Å². The lowest BCUT2D eigenvalue weighted by atomic mass is 10.0. The van der Waals surface area contributed by atoms with Gasteiger partial charge in [-0.1, -0.05) is 0 Å². The average molecular weight is 268 g/mol. The quantitative estimate of drug-likeness (QED) is 0.839. The maximum absolute atomic E-state index is 10.5. The van der Waals surface area contributed by atoms with Gasteiger partial charge >= 0.3 is 0 Å². The van der Waals surface area contributed by atoms with Gasteiger partial charge in [-0.25, -0.2) is 0 Å². The molecule has 2 atom stereocenters. The second-order valence-corrected chi connectivity index (χ2v) is 5.37. The van der Waals surface area contributed by atoms with Gasteiger partial charge in [0.2, 0.25) is 0 Å². The molecule has 0 amide bonds. The van der Waals surface area contributed by atoms with E-state index < -0.39 is 6.10 Å². The van der Waals surface area contributed by atoms with Crippen molar-refractivity contribution in [3.63, 3.8) is 0 Å². The number of aromatic nitrogens is 2. The molecule has 0 saturated carbocycles. The van der Waals surface area contributed by atoms with Gasteiger partial charge in [0.15, 0.2) is 5.75 Å². The molecule has 0 aromatic carbocycles. The highest BCUT2D eigenvalue weighted by atomic mass is 16.5. The Balaban J connectivity index is 2.07. The van der Waals surface area contributed by atoms with Gasteiger partial charge in [0, 0.05) is 32.7 Å². The molecule has 1 aromatic heterocycles. The standard InChI is InChI=1S/C13H24N4O2/c1-15-5-6-16(2)10(9-15)7-11(18)13-12(19-4)8-14-17(13)3/h8,10-11,18H,5-7,9H2,1-4H3. The van der Waals surface area contributed by atoms with Gasteiger partial charge in [-0.2, -0.15) is 5.10 Å². The largest absolute Gasteiger partial charge is 0.493 e. The summed E-state index contributed by atoms with van der Waals surface area (Å²) in [5.74, 6) is 0.654. The Hall–Kier alpha value is -1.11. The number of hydrogen-bond acceptors (Lipinski definition) is 5. The Morgan fingerprint density at radius 2 is 2.16 bits per heavy atom. The highest BCUT2D eigenvalue weighted by Gasteiger charge is 2.27. The second kappa shape index (κ2) is 5.90. The Morgan fingerprint density at radius 1 is 1.42 bits per heavy atom. The molecule has 2 unspecified atom stereocenters. The summed E-state index contributed by atoms with van der Waals surface area (Å²) in [5.41, 5.74) is 0.754. The summed E-state index contributed by atoms with van der Waals surface area (Å²) >= 11 is 0. The van der Waals surface area contributed by atoms with Crippen LogP contribution in [0.2, 0.25) is 0 Å². The number of nitrogens with zero attached hydrogens (tertiary/aromatic N) is 4. The van der Waals surface area contributed by atoms with Gasteiger partial charge < -0.3 is 19.6 Å². The van der Waals surface area contributed by atoms with Gasteiger partial charge in [0.05, 0.1) is 13.3 Å². The number of piperazine rings is 1. The van der Waals surface area contributed by atoms with Crippen LogP contribution < -0.4 is 4.74 Å². The fraction of sp³-hybridized carbons (Fsp3) is 0.769. The van der Waals surface area contributed by atoms with Crippen molar-refractivity contribution in [2.45, 2.75) is 18.6 Å². The van der Waals surface area contributed by atoms with E-state index in [0.717, 1.165) is 25.3 Å². The van der Waals surface area contributed by atoms with Crippen LogP contribution in [0.15, 0.2) is 6.20 Å². The molecule has 6 heteroatoms. The first-order valence-corrected chi connectivity index (χ1v) is 6.65. The van der Waals surface area contributed by atoms with Crippen LogP contribution in [0.25, 0.3) is 0 Å². The third-order valence-corrected chi connectivity index (χ3v) is 3.96. The topological polar surface area (TPSA) is 53.8 Å². The number of ether oxygens (including phenoxy) is 1. The van der Waals surface area contributed by atoms with Crippen molar-refractivity contribution in [1.82, 2.24) is 19.6 Å². The van der Waals surface area contributed by atoms with Gasteiger partial charge in [-0.15, -0.1) is 0 Å². The summed E-state index contributed by atoms with van der Waals surface area (Å²) in [6.45, 7) is 3.10. The van der Waals surface area contributed by atoms with Crippen LogP contribution in [-0.4, -0.2) is 71.6 Å². The SMILES string of the molecule is COc1cnn(C)c1C(O)CC1CN(C)CCN1C. The fourth-order valence-electron chi connectivity index (χ4n) is 2.69. The lowest BCUT2D eigenvalue weighted by Crippen LogP contribution is -2.50. The number of hydrogen-bond donors (Lipinski definition) is 1. The average Bonchev–Trinajstić information content (AvgIpc) is 2.75. The van der Waals surface area contributed by atoms with E-state index in [1.165, 1.54) is 0 Å². The van der Waals surface area contributed by atoms with E-state index in [-0.39, 0.29) is 0 Å². The van der Waals surface area contributed by atoms with Crippen molar-refractivity contribution in [3.05, 3.63) is 11.9 Å². The Kier molecular flexibility index (Phi) is 4.44. The van der Waals surface area contributed by atoms with E-state index in [0.29, 0.717) is 18.2 Å². The first-order valence-electron chi connectivity index (χ1n) is 6.65. The summed E-state index contributed by atoms with van der Waals surface area (Å²) < 4.78 is 6.95. The number of aryl methyl sites for hydroxylation is 1. The van der Waals surface area contributed by atoms with E-state index in [2.05, 4.69) is 29.0 Å². The lowest BCUT2D eigenvalue weighted by molar-refractivity contribution is 0.0595. The maximum Gasteiger partial charge on any atom is 0.162 e. The number of likely N-dealkylation sites (N-methyl/N-ethyl adjacent to an activating group) is 2. The molecule has 1 aliphatic heterocycles. The molecule has 0 aliphatic carbocycles. The molecule has 108 valence electrons. The van der Waals surface area contributed by atoms with Crippen molar-refractivity contribution in [2.24, 2.45) is 7.05 Å². The summed E-state index contributed by atoms with van der Waals surface area (Å²) in [6, 6.07) is 0.355. The zero-order valence-electron chi connectivity index (χ0n) is 12.2. The molecule has 0 radical (unpaired) electrons. The summed E-state index contributed by atoms with van der Waals surface area (Å²) in [5, 5.41) is 14.6. The molecule has 19 heavy (non-hydrogen) atoms. The van der Waals surface area contributed by atoms with Crippen LogP contribution in [0, 0.1) is 0 Å². The first kappa shape index (κ1) is 14.3. The van der Waals surface area contributed by atoms with E-state index in [1.54, 1.807) is 18.0 Å². The summed E-state index contributed by atoms with van der Waals surface area (Å²) in [6.07, 6.45) is 1.79. The Labute approximate surface area is 114 Å². The highest BCUT2D eigenvalue weighted by molar-refractivity contribution is 5.27. The van der Waals surface area contributed by atoms with Crippen LogP contribution >= 0.6 is 0 Å². The Morgan fingerprint density at radius 3 is 2.84 bits per heavy atom. The summed E-state index contributed by atoms with van der Waals surface area (Å²) in [7, 11) is 7.67. The predicted molar refractivity (Wildman–Crippen MR) is 73.3 cm³/mol. The molecule has 1 aromatic rings. The minimum atomic E-state index is -0.554. The van der Waals surface area contributed by atoms with Crippen LogP contribution in [0.5, 0.6) is 5.75 Å². The van der Waals surface area contributed by atoms with Crippen molar-refractivity contribution >= 4 is 0 Å². The van der Waals surface area contributed by atoms with E-state index >= 15 is 0 Å². The van der Waals surface area contributed by atoms with Gasteiger partial charge in [-0.3, -0.25) is 4.68 Å². The van der Waals surface area contributed by atoms with Crippen LogP contribution in [0.3, 0.4) is 0 Å². The zero-order valence-corrected chi connectivity index (χ0v) is 12.2. The second-order valence-electron chi connectivity index (χ2n) is 5.37. The number of aliphatic hydroxyl groups excluding tert-OH is 1. The number of aliphatic hydroxyl groups is 1. The molecule has 1 saturated heterocycles. The first-order chi connectivity index (χ1) is 9.02. The molecular formula is C13H24N4O2. The van der Waals surface area contributed by atoms with Crippen molar-refractivity contribution < 1.29 is 9.84 Å². The zero-order chi connectivity index (χ0) is 14.0. The molecule has 1 fully saturated rings. The van der Waals surface area contributed by atoms with E-state index in [9.17, 15) is 5.11 Å². The van der Waals surface area contributed by atoms with Crippen molar-refractivity contribution in [2.75, 3.05) is 40.8 Å². The molecule has 1 N–H and O–H groups in total. The van der Waals surface area contributed by atoms with Crippen LogP contribution in [-0.2, 0) is 7.05 Å². The molecule has 0 spiro atoms. The van der Waals surface area contributed by atoms with Crippen LogP contribution in [0.4, 0.5) is 0 Å². The normalized spacial score (nSPS) is 23.5. The van der Waals surface area contributed by atoms with E-state index in [4.69, 9.17) is 4.74 Å². The smallest absolute Gasteiger partial charge is 0.162 e. The van der Waals surface area contributed by atoms with E-state index in [1.807, 2.05) is 7.05 Å². The minimum absolute atomic E-state index is 0.355. The van der Waals surface area contributed by atoms with Crippen LogP contribution in [0.1, 0.15) is 18.2 Å². The monoisotopic (exact) mass is 268 g/mol.